The average Bonchev–Trinajstić information content (AvgIpc) is 3.07. The molecule has 0 atom stereocenters. The van der Waals surface area contributed by atoms with Crippen molar-refractivity contribution in [2.75, 3.05) is 12.0 Å². The van der Waals surface area contributed by atoms with Gasteiger partial charge >= 0.3 is 0 Å². The molecule has 1 aliphatic rings. The number of ether oxygens (including phenoxy) is 2. The van der Waals surface area contributed by atoms with Gasteiger partial charge in [-0.05, 0) is 48.4 Å². The second-order valence-corrected chi connectivity index (χ2v) is 9.24. The molecule has 3 aromatic carbocycles. The van der Waals surface area contributed by atoms with Crippen molar-refractivity contribution in [3.05, 3.63) is 93.3 Å². The number of hydrogen-bond acceptors (Lipinski definition) is 5. The van der Waals surface area contributed by atoms with Crippen LogP contribution in [-0.4, -0.2) is 17.3 Å². The highest BCUT2D eigenvalue weighted by Crippen LogP contribution is 2.40. The van der Waals surface area contributed by atoms with Crippen molar-refractivity contribution in [3.8, 4) is 11.5 Å². The molecule has 0 spiro atoms. The Balaban J connectivity index is 1.57. The topological polar surface area (TPSA) is 38.8 Å². The monoisotopic (exact) mass is 481 g/mol. The number of carbonyl (C=O) groups is 1. The first-order chi connectivity index (χ1) is 15.5. The minimum Gasteiger partial charge on any atom is -0.493 e. The molecule has 0 unspecified atom stereocenters. The molecule has 0 aliphatic carbocycles. The third-order valence-corrected chi connectivity index (χ3v) is 6.44. The zero-order valence-corrected chi connectivity index (χ0v) is 19.9. The summed E-state index contributed by atoms with van der Waals surface area (Å²) in [5.41, 5.74) is 3.69. The number of thioether (sulfide) groups is 1. The Morgan fingerprint density at radius 2 is 1.81 bits per heavy atom. The number of rotatable bonds is 6. The van der Waals surface area contributed by atoms with Gasteiger partial charge in [-0.2, -0.15) is 0 Å². The highest BCUT2D eigenvalue weighted by atomic mass is 35.5. The van der Waals surface area contributed by atoms with E-state index in [-0.39, 0.29) is 5.91 Å². The Morgan fingerprint density at radius 1 is 1.09 bits per heavy atom. The maximum absolute atomic E-state index is 13.0. The van der Waals surface area contributed by atoms with Crippen LogP contribution in [0.4, 0.5) is 5.69 Å². The predicted molar refractivity (Wildman–Crippen MR) is 136 cm³/mol. The number of aryl methyl sites for hydroxylation is 1. The molecule has 0 aromatic heterocycles. The van der Waals surface area contributed by atoms with Crippen molar-refractivity contribution in [1.29, 1.82) is 0 Å². The van der Waals surface area contributed by atoms with Crippen LogP contribution >= 0.6 is 35.6 Å². The number of carbonyl (C=O) groups excluding carboxylic acids is 1. The second kappa shape index (κ2) is 9.77. The van der Waals surface area contributed by atoms with Crippen LogP contribution in [0.5, 0.6) is 11.5 Å². The number of nitrogens with zero attached hydrogens (tertiary/aromatic N) is 1. The van der Waals surface area contributed by atoms with Gasteiger partial charge in [0, 0.05) is 0 Å². The number of anilines is 1. The molecule has 1 amide bonds. The van der Waals surface area contributed by atoms with Crippen molar-refractivity contribution in [2.45, 2.75) is 13.5 Å². The molecule has 1 aliphatic heterocycles. The van der Waals surface area contributed by atoms with Crippen LogP contribution in [0.25, 0.3) is 6.08 Å². The maximum Gasteiger partial charge on any atom is 0.270 e. The highest BCUT2D eigenvalue weighted by molar-refractivity contribution is 8.27. The van der Waals surface area contributed by atoms with E-state index in [2.05, 4.69) is 0 Å². The van der Waals surface area contributed by atoms with Crippen LogP contribution in [0.15, 0.2) is 71.6 Å². The lowest BCUT2D eigenvalue weighted by molar-refractivity contribution is -0.113. The molecule has 1 saturated heterocycles. The third kappa shape index (κ3) is 4.83. The van der Waals surface area contributed by atoms with Gasteiger partial charge in [0.25, 0.3) is 5.91 Å². The number of halogens is 1. The Morgan fingerprint density at radius 3 is 2.50 bits per heavy atom. The van der Waals surface area contributed by atoms with E-state index in [1.807, 2.05) is 61.5 Å². The van der Waals surface area contributed by atoms with E-state index < -0.39 is 0 Å². The van der Waals surface area contributed by atoms with Gasteiger partial charge in [0.2, 0.25) is 0 Å². The lowest BCUT2D eigenvalue weighted by Gasteiger charge is -2.14. The number of amides is 1. The van der Waals surface area contributed by atoms with Gasteiger partial charge in [-0.25, -0.2) is 0 Å². The molecule has 1 fully saturated rings. The van der Waals surface area contributed by atoms with Crippen molar-refractivity contribution in [2.24, 2.45) is 0 Å². The molecule has 0 N–H and O–H groups in total. The molecule has 162 valence electrons. The summed E-state index contributed by atoms with van der Waals surface area (Å²) < 4.78 is 11.9. The van der Waals surface area contributed by atoms with Gasteiger partial charge < -0.3 is 9.47 Å². The fourth-order valence-corrected chi connectivity index (χ4v) is 4.79. The quantitative estimate of drug-likeness (QED) is 0.291. The maximum atomic E-state index is 13.0. The fourth-order valence-electron chi connectivity index (χ4n) is 3.22. The van der Waals surface area contributed by atoms with Gasteiger partial charge in [0.05, 0.1) is 22.7 Å². The molecule has 0 bridgehead atoms. The highest BCUT2D eigenvalue weighted by Gasteiger charge is 2.33. The Hall–Kier alpha value is -2.80. The van der Waals surface area contributed by atoms with E-state index in [9.17, 15) is 4.79 Å². The second-order valence-electron chi connectivity index (χ2n) is 7.16. The normalized spacial score (nSPS) is 14.8. The van der Waals surface area contributed by atoms with Gasteiger partial charge in [0.15, 0.2) is 15.8 Å². The van der Waals surface area contributed by atoms with E-state index in [0.717, 1.165) is 16.8 Å². The zero-order valence-electron chi connectivity index (χ0n) is 17.5. The summed E-state index contributed by atoms with van der Waals surface area (Å²) in [7, 11) is 1.56. The number of hydrogen-bond donors (Lipinski definition) is 0. The number of methoxy groups -OCH3 is 1. The molecule has 32 heavy (non-hydrogen) atoms. The molecule has 4 nitrogen and oxygen atoms in total. The van der Waals surface area contributed by atoms with Crippen molar-refractivity contribution >= 4 is 57.6 Å². The minimum absolute atomic E-state index is 0.166. The first-order valence-electron chi connectivity index (χ1n) is 9.85. The SMILES string of the molecule is COc1cc(/C=C2\SC(=S)N(c3ccccc3)C2=O)cc(Cl)c1OCc1ccc(C)cc1. The lowest BCUT2D eigenvalue weighted by atomic mass is 10.1. The first-order valence-corrected chi connectivity index (χ1v) is 11.5. The van der Waals surface area contributed by atoms with Crippen LogP contribution in [0.2, 0.25) is 5.02 Å². The average molecular weight is 482 g/mol. The smallest absolute Gasteiger partial charge is 0.270 e. The van der Waals surface area contributed by atoms with Crippen LogP contribution < -0.4 is 14.4 Å². The van der Waals surface area contributed by atoms with Gasteiger partial charge in [-0.15, -0.1) is 0 Å². The van der Waals surface area contributed by atoms with E-state index in [4.69, 9.17) is 33.3 Å². The summed E-state index contributed by atoms with van der Waals surface area (Å²) in [6, 6.07) is 21.0. The molecule has 0 radical (unpaired) electrons. The van der Waals surface area contributed by atoms with Crippen molar-refractivity contribution < 1.29 is 14.3 Å². The molecule has 7 heteroatoms. The summed E-state index contributed by atoms with van der Waals surface area (Å²) in [6.45, 7) is 2.41. The standard InChI is InChI=1S/C25H20ClNO3S2/c1-16-8-10-17(11-9-16)15-30-23-20(26)12-18(13-21(23)29-2)14-22-24(28)27(25(31)32-22)19-6-4-3-5-7-19/h3-14H,15H2,1-2H3/b22-14-. The van der Waals surface area contributed by atoms with Crippen molar-refractivity contribution in [3.63, 3.8) is 0 Å². The van der Waals surface area contributed by atoms with Crippen LogP contribution in [0.1, 0.15) is 16.7 Å². The van der Waals surface area contributed by atoms with Crippen LogP contribution in [0.3, 0.4) is 0 Å². The van der Waals surface area contributed by atoms with E-state index in [0.29, 0.717) is 32.4 Å². The van der Waals surface area contributed by atoms with Gasteiger partial charge in [-0.1, -0.05) is 83.6 Å². The summed E-state index contributed by atoms with van der Waals surface area (Å²) in [5.74, 6) is 0.791. The van der Waals surface area contributed by atoms with E-state index >= 15 is 0 Å². The Kier molecular flexibility index (Phi) is 6.84. The zero-order chi connectivity index (χ0) is 22.7. The predicted octanol–water partition coefficient (Wildman–Crippen LogP) is 6.64. The Bertz CT molecular complexity index is 1190. The van der Waals surface area contributed by atoms with Gasteiger partial charge in [-0.3, -0.25) is 9.69 Å². The molecule has 4 rings (SSSR count). The number of thiocarbonyl (C=S) groups is 1. The Labute approximate surface area is 201 Å². The van der Waals surface area contributed by atoms with E-state index in [1.165, 1.54) is 22.2 Å². The van der Waals surface area contributed by atoms with Crippen LogP contribution in [-0.2, 0) is 11.4 Å². The van der Waals surface area contributed by atoms with Gasteiger partial charge in [0.1, 0.15) is 6.61 Å². The summed E-state index contributed by atoms with van der Waals surface area (Å²) >= 11 is 13.2. The molecular formula is C25H20ClNO3S2. The van der Waals surface area contributed by atoms with Crippen molar-refractivity contribution in [1.82, 2.24) is 0 Å². The summed E-state index contributed by atoms with van der Waals surface area (Å²) in [5, 5.41) is 0.404. The molecule has 3 aromatic rings. The molecular weight excluding hydrogens is 462 g/mol. The first kappa shape index (κ1) is 22.4. The summed E-state index contributed by atoms with van der Waals surface area (Å²) in [4.78, 5) is 15.0. The molecule has 0 saturated carbocycles. The largest absolute Gasteiger partial charge is 0.493 e. The summed E-state index contributed by atoms with van der Waals surface area (Å²) in [6.07, 6.45) is 1.76. The third-order valence-electron chi connectivity index (χ3n) is 4.86. The van der Waals surface area contributed by atoms with Crippen LogP contribution in [0, 0.1) is 6.92 Å². The lowest BCUT2D eigenvalue weighted by Crippen LogP contribution is -2.27. The van der Waals surface area contributed by atoms with E-state index in [1.54, 1.807) is 25.3 Å². The number of benzene rings is 3. The molecule has 1 heterocycles. The number of para-hydroxylation sites is 1. The minimum atomic E-state index is -0.166. The fraction of sp³-hybridized carbons (Fsp3) is 0.120.